The van der Waals surface area contributed by atoms with Crippen LogP contribution >= 0.6 is 0 Å². The minimum absolute atomic E-state index is 0.0662. The van der Waals surface area contributed by atoms with Gasteiger partial charge >= 0.3 is 0 Å². The third kappa shape index (κ3) is 3.62. The van der Waals surface area contributed by atoms with E-state index in [0.717, 1.165) is 30.4 Å². The minimum Gasteiger partial charge on any atom is -0.350 e. The molecule has 0 saturated carbocycles. The van der Waals surface area contributed by atoms with E-state index in [1.54, 1.807) is 6.07 Å². The van der Waals surface area contributed by atoms with E-state index < -0.39 is 0 Å². The number of rotatable bonds is 6. The van der Waals surface area contributed by atoms with Crippen molar-refractivity contribution in [2.75, 3.05) is 0 Å². The number of hydrogen-bond donors (Lipinski definition) is 1. The van der Waals surface area contributed by atoms with Gasteiger partial charge in [-0.25, -0.2) is 4.68 Å². The van der Waals surface area contributed by atoms with E-state index in [1.807, 2.05) is 48.9 Å². The molecule has 124 valence electrons. The molecule has 1 amide bonds. The molecule has 0 fully saturated rings. The fraction of sp³-hybridized carbons (Fsp3) is 0.316. The van der Waals surface area contributed by atoms with E-state index in [2.05, 4.69) is 27.8 Å². The van der Waals surface area contributed by atoms with Gasteiger partial charge < -0.3 is 5.32 Å². The predicted molar refractivity (Wildman–Crippen MR) is 94.9 cm³/mol. The topological polar surface area (TPSA) is 59.8 Å². The summed E-state index contributed by atoms with van der Waals surface area (Å²) in [7, 11) is 0. The Hall–Kier alpha value is -2.69. The zero-order valence-corrected chi connectivity index (χ0v) is 14.1. The van der Waals surface area contributed by atoms with E-state index in [0.29, 0.717) is 5.56 Å². The van der Waals surface area contributed by atoms with Crippen LogP contribution in [-0.2, 0) is 13.0 Å². The lowest BCUT2D eigenvalue weighted by atomic mass is 10.1. The molecule has 0 bridgehead atoms. The van der Waals surface area contributed by atoms with Gasteiger partial charge in [0.05, 0.1) is 5.52 Å². The number of amides is 1. The number of aromatic nitrogens is 3. The molecule has 0 radical (unpaired) electrons. The van der Waals surface area contributed by atoms with E-state index in [-0.39, 0.29) is 11.9 Å². The first kappa shape index (κ1) is 16.2. The second-order valence-corrected chi connectivity index (χ2v) is 6.01. The number of carbonyl (C=O) groups excluding carboxylic acids is 1. The summed E-state index contributed by atoms with van der Waals surface area (Å²) in [5.74, 6) is -0.0662. The van der Waals surface area contributed by atoms with Crippen molar-refractivity contribution >= 4 is 16.9 Å². The number of fused-ring (bicyclic) bond motifs is 1. The lowest BCUT2D eigenvalue weighted by Gasteiger charge is -2.14. The van der Waals surface area contributed by atoms with Crippen molar-refractivity contribution in [2.45, 2.75) is 39.3 Å². The lowest BCUT2D eigenvalue weighted by molar-refractivity contribution is 0.0938. The van der Waals surface area contributed by atoms with Crippen LogP contribution in [0.25, 0.3) is 11.0 Å². The van der Waals surface area contributed by atoms with Crippen molar-refractivity contribution in [3.8, 4) is 0 Å². The Kier molecular flexibility index (Phi) is 4.89. The number of carbonyl (C=O) groups is 1. The SMILES string of the molecule is CCn1nnc2cc(C(=O)N[C@@H](C)CCc3ccccc3)ccc21. The second-order valence-electron chi connectivity index (χ2n) is 6.01. The summed E-state index contributed by atoms with van der Waals surface area (Å²) in [6.45, 7) is 4.81. The average Bonchev–Trinajstić information content (AvgIpc) is 3.03. The molecule has 0 unspecified atom stereocenters. The molecule has 5 nitrogen and oxygen atoms in total. The first-order valence-electron chi connectivity index (χ1n) is 8.35. The normalized spacial score (nSPS) is 12.2. The van der Waals surface area contributed by atoms with Gasteiger partial charge in [-0.15, -0.1) is 5.10 Å². The molecule has 1 heterocycles. The number of nitrogens with one attached hydrogen (secondary N) is 1. The van der Waals surface area contributed by atoms with Crippen molar-refractivity contribution in [3.63, 3.8) is 0 Å². The van der Waals surface area contributed by atoms with Gasteiger partial charge in [-0.2, -0.15) is 0 Å². The first-order chi connectivity index (χ1) is 11.7. The first-order valence-corrected chi connectivity index (χ1v) is 8.35. The van der Waals surface area contributed by atoms with E-state index in [4.69, 9.17) is 0 Å². The van der Waals surface area contributed by atoms with E-state index >= 15 is 0 Å². The van der Waals surface area contributed by atoms with Gasteiger partial charge in [0, 0.05) is 18.2 Å². The second kappa shape index (κ2) is 7.25. The summed E-state index contributed by atoms with van der Waals surface area (Å²) in [4.78, 5) is 12.4. The summed E-state index contributed by atoms with van der Waals surface area (Å²) in [5.41, 5.74) is 3.61. The van der Waals surface area contributed by atoms with Gasteiger partial charge in [0.15, 0.2) is 0 Å². The molecule has 1 N–H and O–H groups in total. The minimum atomic E-state index is -0.0662. The molecule has 3 aromatic rings. The smallest absolute Gasteiger partial charge is 0.251 e. The molecule has 0 aliphatic heterocycles. The summed E-state index contributed by atoms with van der Waals surface area (Å²) >= 11 is 0. The van der Waals surface area contributed by atoms with E-state index in [1.165, 1.54) is 5.56 Å². The zero-order chi connectivity index (χ0) is 16.9. The number of hydrogen-bond acceptors (Lipinski definition) is 3. The molecule has 3 rings (SSSR count). The van der Waals surface area contributed by atoms with Gasteiger partial charge in [0.1, 0.15) is 5.52 Å². The van der Waals surface area contributed by atoms with Crippen LogP contribution in [0.4, 0.5) is 0 Å². The molecule has 2 aromatic carbocycles. The van der Waals surface area contributed by atoms with Crippen molar-refractivity contribution in [3.05, 3.63) is 59.7 Å². The highest BCUT2D eigenvalue weighted by molar-refractivity contribution is 5.97. The lowest BCUT2D eigenvalue weighted by Crippen LogP contribution is -2.32. The van der Waals surface area contributed by atoms with Crippen molar-refractivity contribution < 1.29 is 4.79 Å². The standard InChI is InChI=1S/C19H22N4O/c1-3-23-18-12-11-16(13-17(18)21-22-23)19(24)20-14(2)9-10-15-7-5-4-6-8-15/h4-8,11-14H,3,9-10H2,1-2H3,(H,20,24)/t14-/m0/s1. The Bertz CT molecular complexity index is 826. The fourth-order valence-corrected chi connectivity index (χ4v) is 2.75. The van der Waals surface area contributed by atoms with Crippen molar-refractivity contribution in [2.24, 2.45) is 0 Å². The Morgan fingerprint density at radius 1 is 1.21 bits per heavy atom. The molecule has 1 atom stereocenters. The Morgan fingerprint density at radius 2 is 2.00 bits per heavy atom. The molecular formula is C19H22N4O. The maximum absolute atomic E-state index is 12.4. The van der Waals surface area contributed by atoms with Crippen molar-refractivity contribution in [1.29, 1.82) is 0 Å². The van der Waals surface area contributed by atoms with Crippen LogP contribution in [0.2, 0.25) is 0 Å². The van der Waals surface area contributed by atoms with Gasteiger partial charge in [0.2, 0.25) is 0 Å². The zero-order valence-electron chi connectivity index (χ0n) is 14.1. The maximum Gasteiger partial charge on any atom is 0.251 e. The largest absolute Gasteiger partial charge is 0.350 e. The molecule has 1 aromatic heterocycles. The summed E-state index contributed by atoms with van der Waals surface area (Å²) in [5, 5.41) is 11.3. The van der Waals surface area contributed by atoms with Crippen LogP contribution in [0.5, 0.6) is 0 Å². The summed E-state index contributed by atoms with van der Waals surface area (Å²) in [6.07, 6.45) is 1.86. The molecule has 0 aliphatic rings. The van der Waals surface area contributed by atoms with Gasteiger partial charge in [-0.3, -0.25) is 4.79 Å². The average molecular weight is 322 g/mol. The van der Waals surface area contributed by atoms with Crippen LogP contribution in [0.1, 0.15) is 36.2 Å². The van der Waals surface area contributed by atoms with Crippen molar-refractivity contribution in [1.82, 2.24) is 20.3 Å². The Balaban J connectivity index is 1.61. The summed E-state index contributed by atoms with van der Waals surface area (Å²) < 4.78 is 1.82. The number of benzene rings is 2. The fourth-order valence-electron chi connectivity index (χ4n) is 2.75. The highest BCUT2D eigenvalue weighted by Crippen LogP contribution is 2.14. The van der Waals surface area contributed by atoms with Gasteiger partial charge in [0.25, 0.3) is 5.91 Å². The van der Waals surface area contributed by atoms with Crippen LogP contribution in [-0.4, -0.2) is 26.9 Å². The number of nitrogens with zero attached hydrogens (tertiary/aromatic N) is 3. The molecule has 0 spiro atoms. The molecule has 0 saturated heterocycles. The highest BCUT2D eigenvalue weighted by Gasteiger charge is 2.12. The summed E-state index contributed by atoms with van der Waals surface area (Å²) in [6, 6.07) is 16.0. The maximum atomic E-state index is 12.4. The third-order valence-electron chi connectivity index (χ3n) is 4.16. The Morgan fingerprint density at radius 3 is 2.75 bits per heavy atom. The number of aryl methyl sites for hydroxylation is 2. The predicted octanol–water partition coefficient (Wildman–Crippen LogP) is 3.20. The van der Waals surface area contributed by atoms with Crippen LogP contribution < -0.4 is 5.32 Å². The monoisotopic (exact) mass is 322 g/mol. The van der Waals surface area contributed by atoms with Crippen LogP contribution in [0.15, 0.2) is 48.5 Å². The van der Waals surface area contributed by atoms with Crippen LogP contribution in [0, 0.1) is 0 Å². The van der Waals surface area contributed by atoms with Crippen LogP contribution in [0.3, 0.4) is 0 Å². The molecule has 24 heavy (non-hydrogen) atoms. The molecule has 5 heteroatoms. The Labute approximate surface area is 141 Å². The van der Waals surface area contributed by atoms with Gasteiger partial charge in [-0.05, 0) is 50.5 Å². The highest BCUT2D eigenvalue weighted by atomic mass is 16.1. The quantitative estimate of drug-likeness (QED) is 0.758. The van der Waals surface area contributed by atoms with E-state index in [9.17, 15) is 4.79 Å². The molecular weight excluding hydrogens is 300 g/mol. The molecule has 0 aliphatic carbocycles. The third-order valence-corrected chi connectivity index (χ3v) is 4.16. The van der Waals surface area contributed by atoms with Gasteiger partial charge in [-0.1, -0.05) is 35.5 Å².